The van der Waals surface area contributed by atoms with Crippen molar-refractivity contribution in [2.75, 3.05) is 24.3 Å². The molecule has 2 aliphatic rings. The largest absolute Gasteiger partial charge is 0.465 e. The van der Waals surface area contributed by atoms with Gasteiger partial charge in [0, 0.05) is 12.0 Å². The molecule has 1 saturated carbocycles. The van der Waals surface area contributed by atoms with E-state index in [0.29, 0.717) is 35.2 Å². The first kappa shape index (κ1) is 26.1. The minimum atomic E-state index is -3.92. The Labute approximate surface area is 220 Å². The summed E-state index contributed by atoms with van der Waals surface area (Å²) in [5.41, 5.74) is 7.32. The molecule has 2 aliphatic carbocycles. The fourth-order valence-electron chi connectivity index (χ4n) is 4.24. The van der Waals surface area contributed by atoms with Gasteiger partial charge in [0.05, 0.1) is 25.6 Å². The van der Waals surface area contributed by atoms with E-state index in [0.717, 1.165) is 12.8 Å². The first-order valence-corrected chi connectivity index (χ1v) is 14.3. The van der Waals surface area contributed by atoms with Crippen LogP contribution < -0.4 is 20.7 Å². The third kappa shape index (κ3) is 6.15. The highest BCUT2D eigenvalue weighted by atomic mass is 31.2. The number of rotatable bonds is 12. The van der Waals surface area contributed by atoms with E-state index >= 15 is 0 Å². The van der Waals surface area contributed by atoms with Crippen LogP contribution in [0.25, 0.3) is 11.2 Å². The minimum absolute atomic E-state index is 0.0440. The van der Waals surface area contributed by atoms with Crippen molar-refractivity contribution in [2.24, 2.45) is 5.92 Å². The van der Waals surface area contributed by atoms with Gasteiger partial charge in [0.25, 0.3) is 0 Å². The monoisotopic (exact) mass is 541 g/mol. The SMILES string of the molecule is CCOC(=O)[C@H](C)NP(=O)(OC[C@@H]1C=C[C@H](n2cnc3c(NC4CC4)nc(N)nc32)C1)Oc1ccccc1. The molecule has 2 aromatic heterocycles. The zero-order valence-electron chi connectivity index (χ0n) is 21.3. The van der Waals surface area contributed by atoms with Crippen LogP contribution in [0.15, 0.2) is 48.8 Å². The Balaban J connectivity index is 1.27. The van der Waals surface area contributed by atoms with Crippen LogP contribution in [0.4, 0.5) is 11.8 Å². The van der Waals surface area contributed by atoms with Crippen LogP contribution in [-0.4, -0.2) is 50.8 Å². The number of carbonyl (C=O) groups excluding carboxylic acids is 1. The molecule has 0 amide bonds. The summed E-state index contributed by atoms with van der Waals surface area (Å²) in [6.45, 7) is 3.58. The number of carbonyl (C=O) groups is 1. The van der Waals surface area contributed by atoms with Crippen LogP contribution in [0.1, 0.15) is 39.2 Å². The lowest BCUT2D eigenvalue weighted by Gasteiger charge is -2.24. The highest BCUT2D eigenvalue weighted by Gasteiger charge is 2.34. The van der Waals surface area contributed by atoms with Crippen LogP contribution >= 0.6 is 7.75 Å². The summed E-state index contributed by atoms with van der Waals surface area (Å²) in [5, 5.41) is 6.08. The Morgan fingerprint density at radius 1 is 1.24 bits per heavy atom. The van der Waals surface area contributed by atoms with E-state index in [1.165, 1.54) is 0 Å². The molecule has 2 heterocycles. The number of benzene rings is 1. The summed E-state index contributed by atoms with van der Waals surface area (Å²) in [5.74, 6) is 0.587. The Morgan fingerprint density at radius 2 is 2.03 bits per heavy atom. The van der Waals surface area contributed by atoms with Crippen LogP contribution in [0.3, 0.4) is 0 Å². The number of nitrogens with zero attached hydrogens (tertiary/aromatic N) is 4. The number of anilines is 2. The molecule has 4 N–H and O–H groups in total. The molecular formula is C25H32N7O5P. The third-order valence-corrected chi connectivity index (χ3v) is 7.93. The van der Waals surface area contributed by atoms with Crippen molar-refractivity contribution < 1.29 is 23.1 Å². The van der Waals surface area contributed by atoms with E-state index in [9.17, 15) is 9.36 Å². The number of para-hydroxylation sites is 1. The van der Waals surface area contributed by atoms with Gasteiger partial charge in [-0.15, -0.1) is 0 Å². The summed E-state index contributed by atoms with van der Waals surface area (Å²) in [7, 11) is -3.92. The van der Waals surface area contributed by atoms with Crippen LogP contribution in [0, 0.1) is 5.92 Å². The molecular weight excluding hydrogens is 509 g/mol. The molecule has 3 aromatic rings. The molecule has 0 spiro atoms. The highest BCUT2D eigenvalue weighted by molar-refractivity contribution is 7.52. The number of fused-ring (bicyclic) bond motifs is 1. The molecule has 202 valence electrons. The van der Waals surface area contributed by atoms with Crippen molar-refractivity contribution in [3.05, 3.63) is 48.8 Å². The van der Waals surface area contributed by atoms with Gasteiger partial charge in [0.15, 0.2) is 17.0 Å². The Kier molecular flexibility index (Phi) is 7.64. The number of hydrogen-bond donors (Lipinski definition) is 3. The molecule has 0 bridgehead atoms. The van der Waals surface area contributed by atoms with Crippen molar-refractivity contribution in [2.45, 2.75) is 51.2 Å². The van der Waals surface area contributed by atoms with Crippen LogP contribution in [0.5, 0.6) is 5.75 Å². The van der Waals surface area contributed by atoms with Crippen molar-refractivity contribution in [1.29, 1.82) is 0 Å². The number of aromatic nitrogens is 4. The zero-order valence-corrected chi connectivity index (χ0v) is 22.2. The number of nitrogens with one attached hydrogen (secondary N) is 2. The average molecular weight is 542 g/mol. The maximum Gasteiger partial charge on any atom is 0.459 e. The summed E-state index contributed by atoms with van der Waals surface area (Å²) in [4.78, 5) is 25.5. The molecule has 0 aliphatic heterocycles. The van der Waals surface area contributed by atoms with Gasteiger partial charge >= 0.3 is 13.7 Å². The van der Waals surface area contributed by atoms with Gasteiger partial charge in [-0.2, -0.15) is 15.1 Å². The molecule has 1 fully saturated rings. The number of ether oxygens (including phenoxy) is 1. The predicted octanol–water partition coefficient (Wildman–Crippen LogP) is 3.84. The van der Waals surface area contributed by atoms with Crippen LogP contribution in [0.2, 0.25) is 0 Å². The summed E-state index contributed by atoms with van der Waals surface area (Å²) in [6, 6.07) is 8.14. The molecule has 38 heavy (non-hydrogen) atoms. The lowest BCUT2D eigenvalue weighted by Crippen LogP contribution is -2.35. The molecule has 1 aromatic carbocycles. The first-order chi connectivity index (χ1) is 18.3. The molecule has 0 radical (unpaired) electrons. The van der Waals surface area contributed by atoms with E-state index in [4.69, 9.17) is 19.5 Å². The normalized spacial score (nSPS) is 21.2. The lowest BCUT2D eigenvalue weighted by atomic mass is 10.1. The van der Waals surface area contributed by atoms with Gasteiger partial charge in [-0.05, 0) is 45.2 Å². The predicted molar refractivity (Wildman–Crippen MR) is 143 cm³/mol. The van der Waals surface area contributed by atoms with Crippen molar-refractivity contribution in [1.82, 2.24) is 24.6 Å². The molecule has 0 saturated heterocycles. The van der Waals surface area contributed by atoms with E-state index in [1.807, 2.05) is 22.8 Å². The second kappa shape index (κ2) is 11.1. The van der Waals surface area contributed by atoms with Crippen LogP contribution in [-0.2, 0) is 18.6 Å². The minimum Gasteiger partial charge on any atom is -0.465 e. The molecule has 13 heteroatoms. The van der Waals surface area contributed by atoms with Gasteiger partial charge in [-0.1, -0.05) is 30.4 Å². The quantitative estimate of drug-likeness (QED) is 0.174. The molecule has 12 nitrogen and oxygen atoms in total. The highest BCUT2D eigenvalue weighted by Crippen LogP contribution is 2.46. The fourth-order valence-corrected chi connectivity index (χ4v) is 5.79. The van der Waals surface area contributed by atoms with E-state index in [-0.39, 0.29) is 31.1 Å². The second-order valence-corrected chi connectivity index (χ2v) is 11.1. The second-order valence-electron chi connectivity index (χ2n) is 9.42. The van der Waals surface area contributed by atoms with E-state index in [2.05, 4.69) is 25.4 Å². The van der Waals surface area contributed by atoms with E-state index < -0.39 is 19.8 Å². The first-order valence-electron chi connectivity index (χ1n) is 12.7. The Morgan fingerprint density at radius 3 is 2.76 bits per heavy atom. The standard InChI is InChI=1S/C25H32N7O5P/c1-3-35-24(33)16(2)31-38(34,37-20-7-5-4-6-8-20)36-14-17-9-12-19(13-17)32-15-27-21-22(28-18-10-11-18)29-25(26)30-23(21)32/h4-9,12,15-19H,3,10-11,13-14H2,1-2H3,(H,31,34)(H3,26,28,29,30)/t16-,17+,19-,38?/m0/s1. The Hall–Kier alpha value is -3.47. The maximum absolute atomic E-state index is 13.7. The third-order valence-electron chi connectivity index (χ3n) is 6.28. The number of allylic oxidation sites excluding steroid dienone is 1. The smallest absolute Gasteiger partial charge is 0.459 e. The van der Waals surface area contributed by atoms with Gasteiger partial charge in [-0.3, -0.25) is 9.32 Å². The Bertz CT molecular complexity index is 1360. The van der Waals surface area contributed by atoms with Crippen molar-refractivity contribution in [3.8, 4) is 5.75 Å². The number of imidazole rings is 1. The topological polar surface area (TPSA) is 156 Å². The summed E-state index contributed by atoms with van der Waals surface area (Å²) in [6.07, 6.45) is 8.65. The number of nitrogen functional groups attached to an aromatic ring is 1. The average Bonchev–Trinajstić information content (AvgIpc) is 3.40. The van der Waals surface area contributed by atoms with Gasteiger partial charge in [0.1, 0.15) is 11.8 Å². The zero-order chi connectivity index (χ0) is 26.7. The van der Waals surface area contributed by atoms with Crippen molar-refractivity contribution in [3.63, 3.8) is 0 Å². The lowest BCUT2D eigenvalue weighted by molar-refractivity contribution is -0.144. The molecule has 4 atom stereocenters. The fraction of sp³-hybridized carbons (Fsp3) is 0.440. The van der Waals surface area contributed by atoms with Gasteiger partial charge in [0.2, 0.25) is 5.95 Å². The summed E-state index contributed by atoms with van der Waals surface area (Å²) < 4.78 is 32.2. The number of nitrogens with two attached hydrogens (primary N) is 1. The molecule has 1 unspecified atom stereocenters. The van der Waals surface area contributed by atoms with Gasteiger partial charge in [-0.25, -0.2) is 9.55 Å². The number of esters is 1. The summed E-state index contributed by atoms with van der Waals surface area (Å²) >= 11 is 0. The van der Waals surface area contributed by atoms with Gasteiger partial charge < -0.3 is 24.9 Å². The maximum atomic E-state index is 13.7. The van der Waals surface area contributed by atoms with Crippen molar-refractivity contribution >= 4 is 36.6 Å². The molecule has 5 rings (SSSR count). The van der Waals surface area contributed by atoms with E-state index in [1.54, 1.807) is 44.4 Å². The number of hydrogen-bond acceptors (Lipinski definition) is 10.